The first-order chi connectivity index (χ1) is 11.5. The summed E-state index contributed by atoms with van der Waals surface area (Å²) in [5, 5.41) is 12.0. The molecule has 0 radical (unpaired) electrons. The number of nitrogens with zero attached hydrogens (tertiary/aromatic N) is 1. The van der Waals surface area contributed by atoms with E-state index in [2.05, 4.69) is 11.4 Å². The molecule has 0 aromatic heterocycles. The number of hydrogen-bond donors (Lipinski definition) is 1. The smallest absolute Gasteiger partial charge is 0.220 e. The van der Waals surface area contributed by atoms with Crippen molar-refractivity contribution in [1.82, 2.24) is 5.32 Å². The number of carbonyl (C=O) groups is 2. The molecule has 0 rings (SSSR count). The van der Waals surface area contributed by atoms with Crippen molar-refractivity contribution in [2.24, 2.45) is 11.3 Å². The van der Waals surface area contributed by atoms with Gasteiger partial charge in [0.25, 0.3) is 0 Å². The van der Waals surface area contributed by atoms with E-state index in [4.69, 9.17) is 9.47 Å². The molecule has 0 saturated heterocycles. The molecule has 1 unspecified atom stereocenters. The molecule has 0 aliphatic rings. The second-order valence-electron chi connectivity index (χ2n) is 7.63. The largest absolute Gasteiger partial charge is 0.377 e. The second-order valence-corrected chi connectivity index (χ2v) is 7.63. The number of amides is 1. The van der Waals surface area contributed by atoms with E-state index in [-0.39, 0.29) is 17.6 Å². The Kier molecular flexibility index (Phi) is 10.6. The molecule has 0 aliphatic carbocycles. The number of ether oxygens (including phenoxy) is 2. The van der Waals surface area contributed by atoms with Crippen LogP contribution in [0.15, 0.2) is 0 Å². The average molecular weight is 354 g/mol. The molecule has 1 amide bonds. The molecular weight excluding hydrogens is 320 g/mol. The van der Waals surface area contributed by atoms with Gasteiger partial charge in [0.2, 0.25) is 5.91 Å². The normalized spacial score (nSPS) is 14.0. The summed E-state index contributed by atoms with van der Waals surface area (Å²) in [6.07, 6.45) is 1.26. The zero-order chi connectivity index (χ0) is 19.5. The SMILES string of the molecule is CC(=O)CC(C)(C)OCCOCCNC(=O)CCC(C)(C#N)C(C)C. The average Bonchev–Trinajstić information content (AvgIpc) is 2.50. The molecule has 0 aromatic rings. The van der Waals surface area contributed by atoms with Crippen molar-refractivity contribution < 1.29 is 19.1 Å². The van der Waals surface area contributed by atoms with E-state index in [1.165, 1.54) is 0 Å². The highest BCUT2D eigenvalue weighted by molar-refractivity contribution is 5.76. The Balaban J connectivity index is 3.77. The van der Waals surface area contributed by atoms with Crippen LogP contribution in [0.4, 0.5) is 0 Å². The molecule has 6 heteroatoms. The third-order valence-corrected chi connectivity index (χ3v) is 4.36. The Labute approximate surface area is 152 Å². The molecule has 0 aromatic carbocycles. The number of carbonyl (C=O) groups excluding carboxylic acids is 2. The summed E-state index contributed by atoms with van der Waals surface area (Å²) >= 11 is 0. The second kappa shape index (κ2) is 11.2. The number of nitriles is 1. The van der Waals surface area contributed by atoms with Gasteiger partial charge in [0, 0.05) is 19.4 Å². The molecule has 25 heavy (non-hydrogen) atoms. The van der Waals surface area contributed by atoms with Gasteiger partial charge in [0.1, 0.15) is 5.78 Å². The lowest BCUT2D eigenvalue weighted by Crippen LogP contribution is -2.31. The van der Waals surface area contributed by atoms with E-state index in [1.54, 1.807) is 6.92 Å². The van der Waals surface area contributed by atoms with Gasteiger partial charge >= 0.3 is 0 Å². The highest BCUT2D eigenvalue weighted by Gasteiger charge is 2.28. The lowest BCUT2D eigenvalue weighted by atomic mass is 9.77. The van der Waals surface area contributed by atoms with Crippen molar-refractivity contribution in [2.75, 3.05) is 26.4 Å². The number of hydrogen-bond acceptors (Lipinski definition) is 5. The van der Waals surface area contributed by atoms with Crippen LogP contribution in [0.2, 0.25) is 0 Å². The van der Waals surface area contributed by atoms with Crippen LogP contribution in [0.5, 0.6) is 0 Å². The van der Waals surface area contributed by atoms with Crippen LogP contribution in [0.1, 0.15) is 60.8 Å². The predicted octanol–water partition coefficient (Wildman–Crippen LogP) is 2.86. The van der Waals surface area contributed by atoms with Crippen LogP contribution >= 0.6 is 0 Å². The Morgan fingerprint density at radius 1 is 1.16 bits per heavy atom. The standard InChI is InChI=1S/C19H34N2O4/c1-15(2)19(6,14-20)8-7-17(23)21-9-10-24-11-12-25-18(4,5)13-16(3)22/h15H,7-13H2,1-6H3,(H,21,23). The maximum absolute atomic E-state index is 11.8. The van der Waals surface area contributed by atoms with Crippen molar-refractivity contribution >= 4 is 11.7 Å². The highest BCUT2D eigenvalue weighted by Crippen LogP contribution is 2.31. The Morgan fingerprint density at radius 2 is 1.80 bits per heavy atom. The van der Waals surface area contributed by atoms with Gasteiger partial charge in [-0.25, -0.2) is 0 Å². The third kappa shape index (κ3) is 10.9. The summed E-state index contributed by atoms with van der Waals surface area (Å²) in [6, 6.07) is 2.31. The maximum atomic E-state index is 11.8. The first-order valence-corrected chi connectivity index (χ1v) is 8.91. The van der Waals surface area contributed by atoms with Gasteiger partial charge in [0.05, 0.1) is 36.9 Å². The van der Waals surface area contributed by atoms with Gasteiger partial charge in [-0.1, -0.05) is 13.8 Å². The molecule has 1 atom stereocenters. The summed E-state index contributed by atoms with van der Waals surface area (Å²) in [4.78, 5) is 22.9. The zero-order valence-corrected chi connectivity index (χ0v) is 16.6. The van der Waals surface area contributed by atoms with Crippen molar-refractivity contribution in [3.05, 3.63) is 0 Å². The molecule has 144 valence electrons. The van der Waals surface area contributed by atoms with Crippen LogP contribution < -0.4 is 5.32 Å². The fourth-order valence-electron chi connectivity index (χ4n) is 2.33. The van der Waals surface area contributed by atoms with Gasteiger partial charge in [-0.15, -0.1) is 0 Å². The quantitative estimate of drug-likeness (QED) is 0.514. The van der Waals surface area contributed by atoms with E-state index < -0.39 is 11.0 Å². The maximum Gasteiger partial charge on any atom is 0.220 e. The van der Waals surface area contributed by atoms with Crippen LogP contribution in [0, 0.1) is 22.7 Å². The lowest BCUT2D eigenvalue weighted by molar-refractivity contribution is -0.124. The number of ketones is 1. The summed E-state index contributed by atoms with van der Waals surface area (Å²) < 4.78 is 11.0. The topological polar surface area (TPSA) is 88.4 Å². The molecule has 6 nitrogen and oxygen atoms in total. The van der Waals surface area contributed by atoms with Gasteiger partial charge < -0.3 is 14.8 Å². The molecule has 0 heterocycles. The van der Waals surface area contributed by atoms with Crippen LogP contribution in [-0.4, -0.2) is 43.7 Å². The van der Waals surface area contributed by atoms with Gasteiger partial charge in [-0.2, -0.15) is 5.26 Å². The summed E-state index contributed by atoms with van der Waals surface area (Å²) in [5.74, 6) is 0.240. The summed E-state index contributed by atoms with van der Waals surface area (Å²) in [6.45, 7) is 12.8. The molecule has 0 fully saturated rings. The Hall–Kier alpha value is -1.45. The van der Waals surface area contributed by atoms with Crippen LogP contribution in [0.25, 0.3) is 0 Å². The van der Waals surface area contributed by atoms with Gasteiger partial charge in [-0.3, -0.25) is 9.59 Å². The summed E-state index contributed by atoms with van der Waals surface area (Å²) in [7, 11) is 0. The van der Waals surface area contributed by atoms with Crippen molar-refractivity contribution in [2.45, 2.75) is 66.4 Å². The van der Waals surface area contributed by atoms with Crippen molar-refractivity contribution in [3.63, 3.8) is 0 Å². The molecular formula is C19H34N2O4. The zero-order valence-electron chi connectivity index (χ0n) is 16.6. The van der Waals surface area contributed by atoms with Gasteiger partial charge in [-0.05, 0) is 40.0 Å². The van der Waals surface area contributed by atoms with Crippen LogP contribution in [0.3, 0.4) is 0 Å². The van der Waals surface area contributed by atoms with E-state index in [0.717, 1.165) is 0 Å². The predicted molar refractivity (Wildman–Crippen MR) is 96.9 cm³/mol. The number of nitrogens with one attached hydrogen (secondary N) is 1. The molecule has 0 saturated carbocycles. The Morgan fingerprint density at radius 3 is 2.32 bits per heavy atom. The van der Waals surface area contributed by atoms with E-state index in [1.807, 2.05) is 34.6 Å². The molecule has 1 N–H and O–H groups in total. The molecule has 0 aliphatic heterocycles. The lowest BCUT2D eigenvalue weighted by Gasteiger charge is -2.25. The highest BCUT2D eigenvalue weighted by atomic mass is 16.5. The number of rotatable bonds is 13. The molecule has 0 bridgehead atoms. The van der Waals surface area contributed by atoms with E-state index in [0.29, 0.717) is 45.6 Å². The minimum absolute atomic E-state index is 0.0652. The minimum atomic E-state index is -0.479. The van der Waals surface area contributed by atoms with Crippen LogP contribution in [-0.2, 0) is 19.1 Å². The van der Waals surface area contributed by atoms with Crippen molar-refractivity contribution in [3.8, 4) is 6.07 Å². The number of Topliss-reactive ketones (excluding diaryl/α,β-unsaturated/α-hetero) is 1. The van der Waals surface area contributed by atoms with E-state index in [9.17, 15) is 14.9 Å². The first kappa shape index (κ1) is 23.5. The first-order valence-electron chi connectivity index (χ1n) is 8.91. The molecule has 0 spiro atoms. The fraction of sp³-hybridized carbons (Fsp3) is 0.842. The monoisotopic (exact) mass is 354 g/mol. The fourth-order valence-corrected chi connectivity index (χ4v) is 2.33. The van der Waals surface area contributed by atoms with Crippen molar-refractivity contribution in [1.29, 1.82) is 5.26 Å². The summed E-state index contributed by atoms with van der Waals surface area (Å²) in [5.41, 5.74) is -0.953. The third-order valence-electron chi connectivity index (χ3n) is 4.36. The minimum Gasteiger partial charge on any atom is -0.377 e. The van der Waals surface area contributed by atoms with E-state index >= 15 is 0 Å². The van der Waals surface area contributed by atoms with Gasteiger partial charge in [0.15, 0.2) is 0 Å². The Bertz CT molecular complexity index is 469.